The summed E-state index contributed by atoms with van der Waals surface area (Å²) in [6, 6.07) is 12.9. The standard InChI is InChI=1S/C26H31N5O4/c32-24(33)18-29-12-9-20(10-13-29)30-16-14-28(15-17-30)11-8-19-4-3-7-23(27-19)31-25(34)21-5-1-2-6-22(21)26(31)35/h1-7,20H,8-18H2,(H,32,33). The number of carbonyl (C=O) groups is 3. The van der Waals surface area contributed by atoms with Gasteiger partial charge in [-0.15, -0.1) is 0 Å². The number of carboxylic acids is 1. The predicted octanol–water partition coefficient (Wildman–Crippen LogP) is 1.59. The Morgan fingerprint density at radius 3 is 2.14 bits per heavy atom. The van der Waals surface area contributed by atoms with Gasteiger partial charge in [0.05, 0.1) is 17.7 Å². The van der Waals surface area contributed by atoms with Crippen LogP contribution >= 0.6 is 0 Å². The van der Waals surface area contributed by atoms with Gasteiger partial charge in [-0.2, -0.15) is 0 Å². The topological polar surface area (TPSA) is 97.3 Å². The van der Waals surface area contributed by atoms with Crippen LogP contribution in [-0.4, -0.2) is 101 Å². The van der Waals surface area contributed by atoms with Crippen LogP contribution in [0.5, 0.6) is 0 Å². The molecule has 3 aliphatic rings. The van der Waals surface area contributed by atoms with Crippen LogP contribution in [0.2, 0.25) is 0 Å². The van der Waals surface area contributed by atoms with Crippen LogP contribution < -0.4 is 4.90 Å². The van der Waals surface area contributed by atoms with Gasteiger partial charge in [-0.1, -0.05) is 18.2 Å². The summed E-state index contributed by atoms with van der Waals surface area (Å²) in [4.78, 5) is 49.3. The van der Waals surface area contributed by atoms with Gasteiger partial charge in [0.2, 0.25) is 0 Å². The molecule has 35 heavy (non-hydrogen) atoms. The zero-order valence-electron chi connectivity index (χ0n) is 19.8. The van der Waals surface area contributed by atoms with Gasteiger partial charge in [-0.05, 0) is 37.1 Å². The lowest BCUT2D eigenvalue weighted by Gasteiger charge is -2.42. The van der Waals surface area contributed by atoms with E-state index in [9.17, 15) is 14.4 Å². The zero-order chi connectivity index (χ0) is 24.4. The summed E-state index contributed by atoms with van der Waals surface area (Å²) in [7, 11) is 0. The number of likely N-dealkylation sites (tertiary alicyclic amines) is 1. The van der Waals surface area contributed by atoms with E-state index in [0.29, 0.717) is 23.0 Å². The molecule has 2 amide bonds. The fourth-order valence-electron chi connectivity index (χ4n) is 5.39. The highest BCUT2D eigenvalue weighted by molar-refractivity contribution is 6.34. The molecule has 2 fully saturated rings. The van der Waals surface area contributed by atoms with Crippen LogP contribution in [0, 0.1) is 0 Å². The SMILES string of the molecule is O=C(O)CN1CCC(N2CCN(CCc3cccc(N4C(=O)c5ccccc5C4=O)n3)CC2)CC1. The molecule has 1 N–H and O–H groups in total. The molecule has 2 aromatic rings. The third-order valence-corrected chi connectivity index (χ3v) is 7.34. The molecule has 4 heterocycles. The summed E-state index contributed by atoms with van der Waals surface area (Å²) in [6.07, 6.45) is 2.81. The first-order valence-corrected chi connectivity index (χ1v) is 12.3. The number of carboxylic acid groups (broad SMARTS) is 1. The maximum absolute atomic E-state index is 12.8. The number of imide groups is 1. The first-order chi connectivity index (χ1) is 17.0. The monoisotopic (exact) mass is 477 g/mol. The van der Waals surface area contributed by atoms with Crippen molar-refractivity contribution < 1.29 is 19.5 Å². The molecule has 1 aromatic heterocycles. The molecule has 0 aliphatic carbocycles. The Labute approximate surface area is 204 Å². The number of rotatable bonds is 7. The number of piperazine rings is 1. The molecule has 9 heteroatoms. The van der Waals surface area contributed by atoms with E-state index in [-0.39, 0.29) is 18.4 Å². The third kappa shape index (κ3) is 5.12. The van der Waals surface area contributed by atoms with Crippen molar-refractivity contribution in [2.75, 3.05) is 57.3 Å². The average Bonchev–Trinajstić information content (AvgIpc) is 3.13. The molecular weight excluding hydrogens is 446 g/mol. The third-order valence-electron chi connectivity index (χ3n) is 7.34. The second-order valence-corrected chi connectivity index (χ2v) is 9.51. The number of hydrogen-bond acceptors (Lipinski definition) is 7. The molecule has 0 radical (unpaired) electrons. The normalized spacial score (nSPS) is 20.4. The fraction of sp³-hybridized carbons (Fsp3) is 0.462. The second kappa shape index (κ2) is 10.2. The van der Waals surface area contributed by atoms with Crippen molar-refractivity contribution in [1.29, 1.82) is 0 Å². The molecule has 0 saturated carbocycles. The number of anilines is 1. The summed E-state index contributed by atoms with van der Waals surface area (Å²) in [6.45, 7) is 6.75. The van der Waals surface area contributed by atoms with Gasteiger partial charge in [-0.25, -0.2) is 9.88 Å². The molecule has 0 atom stereocenters. The molecule has 5 rings (SSSR count). The molecule has 9 nitrogen and oxygen atoms in total. The summed E-state index contributed by atoms with van der Waals surface area (Å²) in [5.41, 5.74) is 1.72. The number of benzene rings is 1. The van der Waals surface area contributed by atoms with Crippen molar-refractivity contribution >= 4 is 23.6 Å². The lowest BCUT2D eigenvalue weighted by molar-refractivity contribution is -0.138. The lowest BCUT2D eigenvalue weighted by Crippen LogP contribution is -2.53. The van der Waals surface area contributed by atoms with E-state index >= 15 is 0 Å². The second-order valence-electron chi connectivity index (χ2n) is 9.51. The van der Waals surface area contributed by atoms with Crippen LogP contribution in [0.3, 0.4) is 0 Å². The van der Waals surface area contributed by atoms with Crippen LogP contribution in [-0.2, 0) is 11.2 Å². The van der Waals surface area contributed by atoms with Crippen molar-refractivity contribution in [2.24, 2.45) is 0 Å². The van der Waals surface area contributed by atoms with Gasteiger partial charge in [-0.3, -0.25) is 24.2 Å². The predicted molar refractivity (Wildman–Crippen MR) is 131 cm³/mol. The van der Waals surface area contributed by atoms with Crippen molar-refractivity contribution in [3.8, 4) is 0 Å². The Bertz CT molecular complexity index is 1070. The van der Waals surface area contributed by atoms with Gasteiger partial charge < -0.3 is 10.0 Å². The van der Waals surface area contributed by atoms with Crippen LogP contribution in [0.15, 0.2) is 42.5 Å². The number of pyridine rings is 1. The first kappa shape index (κ1) is 23.6. The molecule has 1 aromatic carbocycles. The van der Waals surface area contributed by atoms with Crippen LogP contribution in [0.4, 0.5) is 5.82 Å². The molecule has 184 valence electrons. The first-order valence-electron chi connectivity index (χ1n) is 12.3. The number of aromatic nitrogens is 1. The van der Waals surface area contributed by atoms with Gasteiger partial charge in [0.1, 0.15) is 5.82 Å². The molecule has 0 bridgehead atoms. The minimum Gasteiger partial charge on any atom is -0.480 e. The Morgan fingerprint density at radius 2 is 1.51 bits per heavy atom. The van der Waals surface area contributed by atoms with Crippen molar-refractivity contribution in [3.63, 3.8) is 0 Å². The number of piperidine rings is 1. The average molecular weight is 478 g/mol. The summed E-state index contributed by atoms with van der Waals surface area (Å²) in [5.74, 6) is -1.01. The summed E-state index contributed by atoms with van der Waals surface area (Å²) < 4.78 is 0. The van der Waals surface area contributed by atoms with Crippen molar-refractivity contribution in [1.82, 2.24) is 19.7 Å². The summed E-state index contributed by atoms with van der Waals surface area (Å²) >= 11 is 0. The molecule has 2 saturated heterocycles. The number of nitrogens with zero attached hydrogens (tertiary/aromatic N) is 5. The van der Waals surface area contributed by atoms with E-state index in [1.807, 2.05) is 17.0 Å². The largest absolute Gasteiger partial charge is 0.480 e. The number of amides is 2. The highest BCUT2D eigenvalue weighted by Gasteiger charge is 2.37. The minimum atomic E-state index is -0.749. The van der Waals surface area contributed by atoms with Gasteiger partial charge in [0, 0.05) is 64.0 Å². The highest BCUT2D eigenvalue weighted by Crippen LogP contribution is 2.27. The van der Waals surface area contributed by atoms with Gasteiger partial charge >= 0.3 is 5.97 Å². The number of aliphatic carboxylic acids is 1. The van der Waals surface area contributed by atoms with E-state index < -0.39 is 5.97 Å². The van der Waals surface area contributed by atoms with Crippen LogP contribution in [0.25, 0.3) is 0 Å². The molecule has 0 spiro atoms. The Morgan fingerprint density at radius 1 is 0.857 bits per heavy atom. The zero-order valence-corrected chi connectivity index (χ0v) is 19.8. The van der Waals surface area contributed by atoms with Gasteiger partial charge in [0.25, 0.3) is 11.8 Å². The quantitative estimate of drug-likeness (QED) is 0.601. The molecule has 3 aliphatic heterocycles. The maximum atomic E-state index is 12.8. The minimum absolute atomic E-state index is 0.142. The maximum Gasteiger partial charge on any atom is 0.317 e. The molecular formula is C26H31N5O4. The smallest absolute Gasteiger partial charge is 0.317 e. The van der Waals surface area contributed by atoms with E-state index in [1.165, 1.54) is 4.90 Å². The fourth-order valence-corrected chi connectivity index (χ4v) is 5.39. The number of carbonyl (C=O) groups excluding carboxylic acids is 2. The van der Waals surface area contributed by atoms with E-state index in [0.717, 1.165) is 70.8 Å². The molecule has 0 unspecified atom stereocenters. The number of hydrogen-bond donors (Lipinski definition) is 1. The van der Waals surface area contributed by atoms with Crippen molar-refractivity contribution in [3.05, 3.63) is 59.3 Å². The van der Waals surface area contributed by atoms with E-state index in [1.54, 1.807) is 30.3 Å². The lowest BCUT2D eigenvalue weighted by atomic mass is 10.0. The van der Waals surface area contributed by atoms with Crippen molar-refractivity contribution in [2.45, 2.75) is 25.3 Å². The van der Waals surface area contributed by atoms with Crippen LogP contribution in [0.1, 0.15) is 39.3 Å². The Kier molecular flexibility index (Phi) is 6.90. The van der Waals surface area contributed by atoms with E-state index in [2.05, 4.69) is 14.8 Å². The van der Waals surface area contributed by atoms with E-state index in [4.69, 9.17) is 5.11 Å². The highest BCUT2D eigenvalue weighted by atomic mass is 16.4. The summed E-state index contributed by atoms with van der Waals surface area (Å²) in [5, 5.41) is 8.98. The Balaban J connectivity index is 1.11. The van der Waals surface area contributed by atoms with Gasteiger partial charge in [0.15, 0.2) is 0 Å². The number of fused-ring (bicyclic) bond motifs is 1. The Hall–Kier alpha value is -3.14.